The Hall–Kier alpha value is -3.26. The number of hydrogen-bond donors (Lipinski definition) is 0. The van der Waals surface area contributed by atoms with Gasteiger partial charge in [-0.1, -0.05) is 30.1 Å². The topological polar surface area (TPSA) is 86.9 Å². The Morgan fingerprint density at radius 1 is 1.06 bits per heavy atom. The lowest BCUT2D eigenvalue weighted by Gasteiger charge is -2.22. The van der Waals surface area contributed by atoms with Crippen molar-refractivity contribution in [3.05, 3.63) is 53.4 Å². The van der Waals surface area contributed by atoms with Crippen molar-refractivity contribution >= 4 is 17.5 Å². The Morgan fingerprint density at radius 3 is 2.52 bits per heavy atom. The number of carbonyl (C=O) groups excluding carboxylic acids is 1. The molecule has 0 aliphatic carbocycles. The van der Waals surface area contributed by atoms with Crippen LogP contribution in [0, 0.1) is 0 Å². The number of benzene rings is 2. The molecule has 1 amide bonds. The zero-order chi connectivity index (χ0) is 23.6. The second-order valence-electron chi connectivity index (χ2n) is 7.31. The van der Waals surface area contributed by atoms with Crippen LogP contribution < -0.4 is 14.2 Å². The highest BCUT2D eigenvalue weighted by molar-refractivity contribution is 6.30. The van der Waals surface area contributed by atoms with Gasteiger partial charge in [-0.15, -0.1) is 0 Å². The Kier molecular flexibility index (Phi) is 8.95. The van der Waals surface area contributed by atoms with Crippen LogP contribution in [0.2, 0.25) is 5.02 Å². The summed E-state index contributed by atoms with van der Waals surface area (Å²) in [6.45, 7) is 3.12. The summed E-state index contributed by atoms with van der Waals surface area (Å²) in [5.74, 6) is 2.60. The smallest absolute Gasteiger partial charge is 0.260 e. The van der Waals surface area contributed by atoms with Gasteiger partial charge in [0.1, 0.15) is 5.75 Å². The van der Waals surface area contributed by atoms with E-state index in [0.717, 1.165) is 18.4 Å². The van der Waals surface area contributed by atoms with Crippen LogP contribution >= 0.6 is 11.6 Å². The van der Waals surface area contributed by atoms with Gasteiger partial charge in [0, 0.05) is 30.1 Å². The normalized spacial score (nSPS) is 10.7. The quantitative estimate of drug-likeness (QED) is 0.378. The van der Waals surface area contributed by atoms with Crippen molar-refractivity contribution in [2.24, 2.45) is 0 Å². The van der Waals surface area contributed by atoms with Crippen molar-refractivity contribution in [1.82, 2.24) is 15.0 Å². The third-order valence-electron chi connectivity index (χ3n) is 5.02. The number of carbonyl (C=O) groups is 1. The molecule has 0 spiro atoms. The first-order valence-electron chi connectivity index (χ1n) is 10.7. The second kappa shape index (κ2) is 12.1. The molecule has 0 radical (unpaired) electrons. The standard InChI is InChI=1S/C24H28ClN3O5/c1-4-5-13-28(23(29)16-32-19-9-7-18(25)8-10-19)14-12-22-26-24(27-33-22)17-6-11-20(30-2)21(15-17)31-3/h6-11,15H,4-5,12-14,16H2,1-3H3. The number of rotatable bonds is 12. The van der Waals surface area contributed by atoms with Crippen molar-refractivity contribution in [1.29, 1.82) is 0 Å². The fourth-order valence-electron chi connectivity index (χ4n) is 3.16. The fraction of sp³-hybridized carbons (Fsp3) is 0.375. The van der Waals surface area contributed by atoms with E-state index in [1.165, 1.54) is 0 Å². The summed E-state index contributed by atoms with van der Waals surface area (Å²) in [6.07, 6.45) is 2.32. The number of halogens is 1. The number of nitrogens with zero attached hydrogens (tertiary/aromatic N) is 3. The molecule has 0 saturated carbocycles. The summed E-state index contributed by atoms with van der Waals surface area (Å²) < 4.78 is 21.6. The molecule has 8 nitrogen and oxygen atoms in total. The molecule has 0 unspecified atom stereocenters. The minimum atomic E-state index is -0.0990. The number of ether oxygens (including phenoxy) is 3. The zero-order valence-corrected chi connectivity index (χ0v) is 19.8. The van der Waals surface area contributed by atoms with Crippen LogP contribution in [0.5, 0.6) is 17.2 Å². The zero-order valence-electron chi connectivity index (χ0n) is 19.0. The van der Waals surface area contributed by atoms with Crippen LogP contribution in [0.25, 0.3) is 11.4 Å². The first-order valence-corrected chi connectivity index (χ1v) is 11.1. The molecule has 0 aliphatic rings. The molecule has 2 aromatic carbocycles. The predicted molar refractivity (Wildman–Crippen MR) is 125 cm³/mol. The van der Waals surface area contributed by atoms with Gasteiger partial charge in [0.05, 0.1) is 14.2 Å². The number of hydrogen-bond acceptors (Lipinski definition) is 7. The molecule has 0 fully saturated rings. The lowest BCUT2D eigenvalue weighted by Crippen LogP contribution is -2.37. The van der Waals surface area contributed by atoms with E-state index in [1.807, 2.05) is 6.07 Å². The molecular weight excluding hydrogens is 446 g/mol. The molecule has 1 aromatic heterocycles. The van der Waals surface area contributed by atoms with E-state index in [4.69, 9.17) is 30.3 Å². The summed E-state index contributed by atoms with van der Waals surface area (Å²) in [7, 11) is 3.15. The maximum Gasteiger partial charge on any atom is 0.260 e. The molecule has 9 heteroatoms. The van der Waals surface area contributed by atoms with E-state index in [2.05, 4.69) is 17.1 Å². The van der Waals surface area contributed by atoms with E-state index < -0.39 is 0 Å². The number of aromatic nitrogens is 2. The summed E-state index contributed by atoms with van der Waals surface area (Å²) in [6, 6.07) is 12.3. The average Bonchev–Trinajstić information content (AvgIpc) is 3.32. The molecule has 176 valence electrons. The molecule has 3 rings (SSSR count). The predicted octanol–water partition coefficient (Wildman–Crippen LogP) is 4.66. The van der Waals surface area contributed by atoms with Crippen molar-refractivity contribution in [2.45, 2.75) is 26.2 Å². The third kappa shape index (κ3) is 6.86. The molecule has 3 aromatic rings. The summed E-state index contributed by atoms with van der Waals surface area (Å²) in [5.41, 5.74) is 0.748. The maximum absolute atomic E-state index is 12.8. The van der Waals surface area contributed by atoms with Gasteiger partial charge < -0.3 is 23.6 Å². The maximum atomic E-state index is 12.8. The summed E-state index contributed by atoms with van der Waals surface area (Å²) in [4.78, 5) is 19.0. The molecule has 1 heterocycles. The third-order valence-corrected chi connectivity index (χ3v) is 5.27. The van der Waals surface area contributed by atoms with Gasteiger partial charge in [-0.2, -0.15) is 4.98 Å². The first kappa shape index (κ1) is 24.4. The van der Waals surface area contributed by atoms with Crippen molar-refractivity contribution in [2.75, 3.05) is 33.9 Å². The summed E-state index contributed by atoms with van der Waals surface area (Å²) >= 11 is 5.89. The number of unbranched alkanes of at least 4 members (excludes halogenated alkanes) is 1. The summed E-state index contributed by atoms with van der Waals surface area (Å²) in [5, 5.41) is 4.68. The minimum Gasteiger partial charge on any atom is -0.493 e. The fourth-order valence-corrected chi connectivity index (χ4v) is 3.28. The van der Waals surface area contributed by atoms with Crippen LogP contribution in [0.1, 0.15) is 25.7 Å². The molecular formula is C24H28ClN3O5. The van der Waals surface area contributed by atoms with Gasteiger partial charge in [-0.25, -0.2) is 0 Å². The minimum absolute atomic E-state index is 0.0495. The van der Waals surface area contributed by atoms with Crippen molar-refractivity contribution in [3.8, 4) is 28.6 Å². The molecule has 0 bridgehead atoms. The molecule has 0 N–H and O–H groups in total. The highest BCUT2D eigenvalue weighted by atomic mass is 35.5. The van der Waals surface area contributed by atoms with Gasteiger partial charge in [0.25, 0.3) is 5.91 Å². The first-order chi connectivity index (χ1) is 16.0. The highest BCUT2D eigenvalue weighted by Gasteiger charge is 2.17. The second-order valence-corrected chi connectivity index (χ2v) is 7.74. The Morgan fingerprint density at radius 2 is 1.82 bits per heavy atom. The lowest BCUT2D eigenvalue weighted by atomic mass is 10.2. The van der Waals surface area contributed by atoms with Gasteiger partial charge >= 0.3 is 0 Å². The Balaban J connectivity index is 1.61. The largest absolute Gasteiger partial charge is 0.493 e. The molecule has 0 saturated heterocycles. The van der Waals surface area contributed by atoms with E-state index in [-0.39, 0.29) is 12.5 Å². The van der Waals surface area contributed by atoms with Crippen LogP contribution in [0.15, 0.2) is 47.0 Å². The SMILES string of the molecule is CCCCN(CCc1nc(-c2ccc(OC)c(OC)c2)no1)C(=O)COc1ccc(Cl)cc1. The number of amides is 1. The van der Waals surface area contributed by atoms with Crippen molar-refractivity contribution < 1.29 is 23.5 Å². The monoisotopic (exact) mass is 473 g/mol. The van der Waals surface area contributed by atoms with Gasteiger partial charge in [-0.05, 0) is 48.9 Å². The van der Waals surface area contributed by atoms with E-state index in [1.54, 1.807) is 55.5 Å². The average molecular weight is 474 g/mol. The highest BCUT2D eigenvalue weighted by Crippen LogP contribution is 2.31. The molecule has 0 atom stereocenters. The van der Waals surface area contributed by atoms with Crippen LogP contribution in [-0.4, -0.2) is 54.9 Å². The Labute approximate surface area is 198 Å². The molecule has 0 aliphatic heterocycles. The van der Waals surface area contributed by atoms with E-state index in [0.29, 0.717) is 53.5 Å². The lowest BCUT2D eigenvalue weighted by molar-refractivity contribution is -0.133. The van der Waals surface area contributed by atoms with E-state index >= 15 is 0 Å². The van der Waals surface area contributed by atoms with Crippen LogP contribution in [-0.2, 0) is 11.2 Å². The van der Waals surface area contributed by atoms with Crippen LogP contribution in [0.3, 0.4) is 0 Å². The number of methoxy groups -OCH3 is 2. The van der Waals surface area contributed by atoms with E-state index in [9.17, 15) is 4.79 Å². The van der Waals surface area contributed by atoms with Crippen molar-refractivity contribution in [3.63, 3.8) is 0 Å². The van der Waals surface area contributed by atoms with Gasteiger partial charge in [0.2, 0.25) is 11.7 Å². The van der Waals surface area contributed by atoms with Gasteiger partial charge in [0.15, 0.2) is 18.1 Å². The Bertz CT molecular complexity index is 1040. The van der Waals surface area contributed by atoms with Crippen LogP contribution in [0.4, 0.5) is 0 Å². The van der Waals surface area contributed by atoms with Gasteiger partial charge in [-0.3, -0.25) is 4.79 Å². The molecule has 33 heavy (non-hydrogen) atoms.